The summed E-state index contributed by atoms with van der Waals surface area (Å²) < 4.78 is 27.9. The fourth-order valence-corrected chi connectivity index (χ4v) is 3.71. The molecule has 0 bridgehead atoms. The Morgan fingerprint density at radius 1 is 1.14 bits per heavy atom. The van der Waals surface area contributed by atoms with Gasteiger partial charge in [-0.2, -0.15) is 0 Å². The van der Waals surface area contributed by atoms with Gasteiger partial charge in [0.1, 0.15) is 0 Å². The summed E-state index contributed by atoms with van der Waals surface area (Å²) in [6, 6.07) is 10.7. The van der Waals surface area contributed by atoms with Crippen LogP contribution in [-0.2, 0) is 16.4 Å². The third-order valence-electron chi connectivity index (χ3n) is 3.57. The zero-order chi connectivity index (χ0) is 15.6. The van der Waals surface area contributed by atoms with Crippen LogP contribution in [0.25, 0.3) is 0 Å². The van der Waals surface area contributed by atoms with E-state index in [-0.39, 0.29) is 4.90 Å². The van der Waals surface area contributed by atoms with Crippen molar-refractivity contribution < 1.29 is 8.42 Å². The van der Waals surface area contributed by atoms with E-state index in [1.165, 1.54) is 6.07 Å². The first-order chi connectivity index (χ1) is 9.85. The molecule has 0 saturated carbocycles. The van der Waals surface area contributed by atoms with E-state index in [0.29, 0.717) is 16.9 Å². The molecule has 0 fully saturated rings. The fraction of sp³-hybridized carbons (Fsp3) is 0.250. The molecule has 21 heavy (non-hydrogen) atoms. The Bertz CT molecular complexity index is 768. The standard InChI is InChI=1S/C16H20N2O2S/c1-4-13-7-5-6-8-15(13)18-21(19,20)16-10-14(17)9-11(2)12(16)3/h5-10,18H,4,17H2,1-3H3. The SMILES string of the molecule is CCc1ccccc1NS(=O)(=O)c1cc(N)cc(C)c1C. The lowest BCUT2D eigenvalue weighted by Crippen LogP contribution is -2.16. The number of nitrogens with one attached hydrogen (secondary N) is 1. The Hall–Kier alpha value is -2.01. The second-order valence-electron chi connectivity index (χ2n) is 5.08. The molecule has 0 aliphatic rings. The summed E-state index contributed by atoms with van der Waals surface area (Å²) in [5, 5.41) is 0. The molecule has 5 heteroatoms. The van der Waals surface area contributed by atoms with E-state index in [1.54, 1.807) is 19.1 Å². The summed E-state index contributed by atoms with van der Waals surface area (Å²) in [6.07, 6.45) is 0.758. The number of para-hydroxylation sites is 1. The van der Waals surface area contributed by atoms with Gasteiger partial charge in [-0.3, -0.25) is 4.72 Å². The zero-order valence-electron chi connectivity index (χ0n) is 12.5. The van der Waals surface area contributed by atoms with Gasteiger partial charge in [0.2, 0.25) is 0 Å². The molecule has 0 saturated heterocycles. The minimum atomic E-state index is -3.65. The van der Waals surface area contributed by atoms with Crippen molar-refractivity contribution in [1.29, 1.82) is 0 Å². The van der Waals surface area contributed by atoms with Crippen molar-refractivity contribution in [2.45, 2.75) is 32.1 Å². The van der Waals surface area contributed by atoms with Crippen molar-refractivity contribution in [1.82, 2.24) is 0 Å². The van der Waals surface area contributed by atoms with Gasteiger partial charge in [-0.1, -0.05) is 25.1 Å². The van der Waals surface area contributed by atoms with Crippen LogP contribution >= 0.6 is 0 Å². The molecule has 4 nitrogen and oxygen atoms in total. The second kappa shape index (κ2) is 5.77. The molecule has 2 aromatic carbocycles. The number of hydrogen-bond donors (Lipinski definition) is 2. The molecule has 3 N–H and O–H groups in total. The first-order valence-corrected chi connectivity index (χ1v) is 8.31. The summed E-state index contributed by atoms with van der Waals surface area (Å²) in [7, 11) is -3.65. The topological polar surface area (TPSA) is 72.2 Å². The van der Waals surface area contributed by atoms with E-state index in [9.17, 15) is 8.42 Å². The Morgan fingerprint density at radius 2 is 1.81 bits per heavy atom. The number of aryl methyl sites for hydroxylation is 2. The van der Waals surface area contributed by atoms with Crippen molar-refractivity contribution in [3.8, 4) is 0 Å². The quantitative estimate of drug-likeness (QED) is 0.852. The third-order valence-corrected chi connectivity index (χ3v) is 5.07. The van der Waals surface area contributed by atoms with Crippen molar-refractivity contribution in [3.05, 3.63) is 53.1 Å². The third kappa shape index (κ3) is 3.19. The molecule has 0 unspecified atom stereocenters. The van der Waals surface area contributed by atoms with Crippen molar-refractivity contribution >= 4 is 21.4 Å². The van der Waals surface area contributed by atoms with Gasteiger partial charge >= 0.3 is 0 Å². The van der Waals surface area contributed by atoms with E-state index in [1.807, 2.05) is 32.0 Å². The lowest BCUT2D eigenvalue weighted by molar-refractivity contribution is 0.600. The van der Waals surface area contributed by atoms with Gasteiger partial charge in [-0.05, 0) is 55.2 Å². The van der Waals surface area contributed by atoms with Crippen LogP contribution < -0.4 is 10.5 Å². The molecule has 0 aromatic heterocycles. The van der Waals surface area contributed by atoms with Crippen molar-refractivity contribution in [2.75, 3.05) is 10.5 Å². The highest BCUT2D eigenvalue weighted by molar-refractivity contribution is 7.92. The van der Waals surface area contributed by atoms with E-state index in [4.69, 9.17) is 5.73 Å². The van der Waals surface area contributed by atoms with Gasteiger partial charge in [-0.15, -0.1) is 0 Å². The smallest absolute Gasteiger partial charge is 0.262 e. The van der Waals surface area contributed by atoms with E-state index in [0.717, 1.165) is 17.5 Å². The average molecular weight is 304 g/mol. The Balaban J connectivity index is 2.49. The molecule has 0 radical (unpaired) electrons. The molecule has 0 aliphatic carbocycles. The lowest BCUT2D eigenvalue weighted by Gasteiger charge is -2.15. The normalized spacial score (nSPS) is 11.4. The van der Waals surface area contributed by atoms with Crippen LogP contribution in [0.1, 0.15) is 23.6 Å². The van der Waals surface area contributed by atoms with Gasteiger partial charge in [-0.25, -0.2) is 8.42 Å². The number of nitrogen functional groups attached to an aromatic ring is 1. The summed E-state index contributed by atoms with van der Waals surface area (Å²) in [5.74, 6) is 0. The summed E-state index contributed by atoms with van der Waals surface area (Å²) >= 11 is 0. The fourth-order valence-electron chi connectivity index (χ4n) is 2.26. The Labute approximate surface area is 126 Å². The first-order valence-electron chi connectivity index (χ1n) is 6.82. The van der Waals surface area contributed by atoms with Crippen molar-refractivity contribution in [3.63, 3.8) is 0 Å². The Morgan fingerprint density at radius 3 is 2.48 bits per heavy atom. The Kier molecular flexibility index (Phi) is 4.23. The first kappa shape index (κ1) is 15.4. The molecule has 0 amide bonds. The van der Waals surface area contributed by atoms with Crippen LogP contribution in [0.5, 0.6) is 0 Å². The van der Waals surface area contributed by atoms with Gasteiger partial charge < -0.3 is 5.73 Å². The molecular formula is C16H20N2O2S. The molecule has 112 valence electrons. The molecule has 0 spiro atoms. The highest BCUT2D eigenvalue weighted by Gasteiger charge is 2.19. The zero-order valence-corrected chi connectivity index (χ0v) is 13.3. The number of hydrogen-bond acceptors (Lipinski definition) is 3. The summed E-state index contributed by atoms with van der Waals surface area (Å²) in [4.78, 5) is 0.228. The van der Waals surface area contributed by atoms with Crippen LogP contribution in [-0.4, -0.2) is 8.42 Å². The molecular weight excluding hydrogens is 284 g/mol. The molecule has 0 aliphatic heterocycles. The maximum atomic E-state index is 12.6. The van der Waals surface area contributed by atoms with Gasteiger partial charge in [0.05, 0.1) is 10.6 Å². The molecule has 2 rings (SSSR count). The van der Waals surface area contributed by atoms with Gasteiger partial charge in [0, 0.05) is 5.69 Å². The van der Waals surface area contributed by atoms with E-state index in [2.05, 4.69) is 4.72 Å². The predicted molar refractivity (Wildman–Crippen MR) is 87.0 cm³/mol. The van der Waals surface area contributed by atoms with E-state index < -0.39 is 10.0 Å². The van der Waals surface area contributed by atoms with Gasteiger partial charge in [0.25, 0.3) is 10.0 Å². The van der Waals surface area contributed by atoms with E-state index >= 15 is 0 Å². The number of sulfonamides is 1. The largest absolute Gasteiger partial charge is 0.399 e. The van der Waals surface area contributed by atoms with Crippen molar-refractivity contribution in [2.24, 2.45) is 0 Å². The van der Waals surface area contributed by atoms with Crippen LogP contribution in [0.15, 0.2) is 41.3 Å². The van der Waals surface area contributed by atoms with Crippen LogP contribution in [0.3, 0.4) is 0 Å². The number of anilines is 2. The van der Waals surface area contributed by atoms with Crippen LogP contribution in [0.2, 0.25) is 0 Å². The molecule has 0 atom stereocenters. The highest BCUT2D eigenvalue weighted by Crippen LogP contribution is 2.26. The lowest BCUT2D eigenvalue weighted by atomic mass is 10.1. The van der Waals surface area contributed by atoms with Gasteiger partial charge in [0.15, 0.2) is 0 Å². The molecule has 0 heterocycles. The van der Waals surface area contributed by atoms with Crippen LogP contribution in [0.4, 0.5) is 11.4 Å². The maximum Gasteiger partial charge on any atom is 0.262 e. The number of rotatable bonds is 4. The minimum absolute atomic E-state index is 0.228. The number of benzene rings is 2. The summed E-state index contributed by atoms with van der Waals surface area (Å²) in [6.45, 7) is 5.63. The highest BCUT2D eigenvalue weighted by atomic mass is 32.2. The monoisotopic (exact) mass is 304 g/mol. The minimum Gasteiger partial charge on any atom is -0.399 e. The second-order valence-corrected chi connectivity index (χ2v) is 6.73. The van der Waals surface area contributed by atoms with Crippen LogP contribution in [0, 0.1) is 13.8 Å². The summed E-state index contributed by atoms with van der Waals surface area (Å²) in [5.41, 5.74) is 9.37. The maximum absolute atomic E-state index is 12.6. The number of nitrogens with two attached hydrogens (primary N) is 1. The predicted octanol–water partition coefficient (Wildman–Crippen LogP) is 3.25. The average Bonchev–Trinajstić information content (AvgIpc) is 2.43. The molecule has 2 aromatic rings.